The number of anilines is 1. The monoisotopic (exact) mass is 390 g/mol. The molecule has 0 unspecified atom stereocenters. The molecule has 0 radical (unpaired) electrons. The molecule has 0 atom stereocenters. The smallest absolute Gasteiger partial charge is 0.338 e. The van der Waals surface area contributed by atoms with Gasteiger partial charge in [0.2, 0.25) is 0 Å². The highest BCUT2D eigenvalue weighted by atomic mass is 16.5. The van der Waals surface area contributed by atoms with E-state index in [0.29, 0.717) is 16.7 Å². The molecule has 1 aliphatic rings. The number of esters is 1. The minimum absolute atomic E-state index is 0.00374. The van der Waals surface area contributed by atoms with Crippen molar-refractivity contribution in [2.75, 3.05) is 11.6 Å². The number of nitrogens with zero attached hydrogens (tertiary/aromatic N) is 2. The van der Waals surface area contributed by atoms with Crippen molar-refractivity contribution in [3.8, 4) is 0 Å². The van der Waals surface area contributed by atoms with E-state index in [0.717, 1.165) is 41.7 Å². The number of carbonyl (C=O) groups is 1. The molecule has 0 amide bonds. The van der Waals surface area contributed by atoms with Crippen molar-refractivity contribution >= 4 is 28.3 Å². The van der Waals surface area contributed by atoms with Gasteiger partial charge in [0, 0.05) is 35.7 Å². The van der Waals surface area contributed by atoms with Gasteiger partial charge in [0.15, 0.2) is 0 Å². The number of hydrogen-bond acceptors (Lipinski definition) is 6. The lowest BCUT2D eigenvalue weighted by molar-refractivity contribution is 0.0474. The number of fused-ring (bicyclic) bond motifs is 1. The zero-order valence-electron chi connectivity index (χ0n) is 16.5. The molecule has 6 nitrogen and oxygen atoms in total. The van der Waals surface area contributed by atoms with E-state index in [1.807, 2.05) is 49.2 Å². The molecule has 0 spiro atoms. The van der Waals surface area contributed by atoms with Gasteiger partial charge in [0.1, 0.15) is 12.2 Å². The lowest BCUT2D eigenvalue weighted by Gasteiger charge is -2.14. The minimum Gasteiger partial charge on any atom is -0.457 e. The van der Waals surface area contributed by atoms with Crippen molar-refractivity contribution in [2.45, 2.75) is 33.3 Å². The fraction of sp³-hybridized carbons (Fsp3) is 0.261. The molecule has 0 saturated heterocycles. The van der Waals surface area contributed by atoms with E-state index < -0.39 is 11.6 Å². The number of carbonyl (C=O) groups excluding carboxylic acids is 1. The molecule has 0 fully saturated rings. The van der Waals surface area contributed by atoms with Crippen molar-refractivity contribution in [1.82, 2.24) is 0 Å². The third kappa shape index (κ3) is 4.06. The molecule has 2 aromatic carbocycles. The third-order valence-electron chi connectivity index (χ3n) is 5.04. The summed E-state index contributed by atoms with van der Waals surface area (Å²) in [6.45, 7) is 4.89. The molecular formula is C23H22N2O4. The van der Waals surface area contributed by atoms with Crippen LogP contribution in [-0.2, 0) is 17.8 Å². The summed E-state index contributed by atoms with van der Waals surface area (Å²) in [6, 6.07) is 14.3. The molecule has 0 aliphatic carbocycles. The molecule has 0 N–H and O–H groups in total. The maximum absolute atomic E-state index is 12.5. The highest BCUT2D eigenvalue weighted by molar-refractivity contribution is 5.90. The number of aryl methyl sites for hydroxylation is 1. The zero-order valence-corrected chi connectivity index (χ0v) is 16.5. The molecule has 0 bridgehead atoms. The Morgan fingerprint density at radius 3 is 2.66 bits per heavy atom. The van der Waals surface area contributed by atoms with Crippen LogP contribution in [0.3, 0.4) is 0 Å². The second-order valence-electron chi connectivity index (χ2n) is 7.11. The van der Waals surface area contributed by atoms with Gasteiger partial charge in [0.25, 0.3) is 0 Å². The fourth-order valence-corrected chi connectivity index (χ4v) is 3.37. The van der Waals surface area contributed by atoms with Crippen LogP contribution in [0.1, 0.15) is 41.8 Å². The SMILES string of the molecule is CCc1ccc2c(COC(=O)c3ccc(N4CCC(C)=N4)cc3)cc(=O)oc2c1. The summed E-state index contributed by atoms with van der Waals surface area (Å²) >= 11 is 0. The van der Waals surface area contributed by atoms with Crippen LogP contribution in [-0.4, -0.2) is 18.2 Å². The average Bonchev–Trinajstić information content (AvgIpc) is 3.17. The van der Waals surface area contributed by atoms with Crippen LogP contribution >= 0.6 is 0 Å². The molecule has 4 rings (SSSR count). The first-order chi connectivity index (χ1) is 14.0. The number of hydrogen-bond donors (Lipinski definition) is 0. The summed E-state index contributed by atoms with van der Waals surface area (Å²) in [5.41, 5.74) is 4.25. The quantitative estimate of drug-likeness (QED) is 0.480. The van der Waals surface area contributed by atoms with Gasteiger partial charge in [-0.2, -0.15) is 5.10 Å². The van der Waals surface area contributed by atoms with Gasteiger partial charge in [-0.25, -0.2) is 9.59 Å². The van der Waals surface area contributed by atoms with E-state index in [2.05, 4.69) is 5.10 Å². The molecule has 2 heterocycles. The summed E-state index contributed by atoms with van der Waals surface area (Å²) in [5.74, 6) is -0.441. The molecule has 3 aromatic rings. The van der Waals surface area contributed by atoms with Crippen LogP contribution in [0.4, 0.5) is 5.69 Å². The highest BCUT2D eigenvalue weighted by Crippen LogP contribution is 2.22. The van der Waals surface area contributed by atoms with Gasteiger partial charge >= 0.3 is 11.6 Å². The Bertz CT molecular complexity index is 1150. The number of hydrazone groups is 1. The van der Waals surface area contributed by atoms with E-state index >= 15 is 0 Å². The van der Waals surface area contributed by atoms with Gasteiger partial charge in [-0.3, -0.25) is 5.01 Å². The van der Waals surface area contributed by atoms with Gasteiger partial charge < -0.3 is 9.15 Å². The fourth-order valence-electron chi connectivity index (χ4n) is 3.37. The normalized spacial score (nSPS) is 13.6. The maximum atomic E-state index is 12.5. The Hall–Kier alpha value is -3.41. The largest absolute Gasteiger partial charge is 0.457 e. The minimum atomic E-state index is -0.456. The first-order valence-corrected chi connectivity index (χ1v) is 9.68. The summed E-state index contributed by atoms with van der Waals surface area (Å²) < 4.78 is 10.7. The third-order valence-corrected chi connectivity index (χ3v) is 5.04. The predicted molar refractivity (Wildman–Crippen MR) is 112 cm³/mol. The number of ether oxygens (including phenoxy) is 1. The zero-order chi connectivity index (χ0) is 20.4. The molecule has 0 saturated carbocycles. The first-order valence-electron chi connectivity index (χ1n) is 9.68. The summed E-state index contributed by atoms with van der Waals surface area (Å²) in [7, 11) is 0. The van der Waals surface area contributed by atoms with Crippen LogP contribution in [0, 0.1) is 0 Å². The summed E-state index contributed by atoms with van der Waals surface area (Å²) in [5, 5.41) is 7.15. The van der Waals surface area contributed by atoms with Crippen molar-refractivity contribution in [2.24, 2.45) is 5.10 Å². The van der Waals surface area contributed by atoms with Crippen LogP contribution in [0.25, 0.3) is 11.0 Å². The molecule has 148 valence electrons. The molecule has 1 aliphatic heterocycles. The maximum Gasteiger partial charge on any atom is 0.338 e. The molecule has 6 heteroatoms. The van der Waals surface area contributed by atoms with E-state index in [9.17, 15) is 9.59 Å². The second kappa shape index (κ2) is 7.91. The standard InChI is InChI=1S/C23H22N2O4/c1-3-16-4-9-20-18(13-22(26)29-21(20)12-16)14-28-23(27)17-5-7-19(8-6-17)25-11-10-15(2)24-25/h4-9,12-13H,3,10-11,14H2,1-2H3. The highest BCUT2D eigenvalue weighted by Gasteiger charge is 2.15. The average molecular weight is 390 g/mol. The Balaban J connectivity index is 1.49. The van der Waals surface area contributed by atoms with Crippen molar-refractivity contribution in [3.63, 3.8) is 0 Å². The van der Waals surface area contributed by atoms with Crippen molar-refractivity contribution in [3.05, 3.63) is 75.6 Å². The van der Waals surface area contributed by atoms with Crippen LogP contribution in [0.5, 0.6) is 0 Å². The first kappa shape index (κ1) is 18.9. The van der Waals surface area contributed by atoms with Crippen LogP contribution in [0.2, 0.25) is 0 Å². The van der Waals surface area contributed by atoms with Gasteiger partial charge in [-0.15, -0.1) is 0 Å². The van der Waals surface area contributed by atoms with Crippen LogP contribution in [0.15, 0.2) is 62.8 Å². The lowest BCUT2D eigenvalue weighted by Crippen LogP contribution is -2.12. The Kier molecular flexibility index (Phi) is 5.16. The van der Waals surface area contributed by atoms with E-state index in [4.69, 9.17) is 9.15 Å². The molecule has 29 heavy (non-hydrogen) atoms. The van der Waals surface area contributed by atoms with E-state index in [-0.39, 0.29) is 6.61 Å². The number of benzene rings is 2. The van der Waals surface area contributed by atoms with E-state index in [1.54, 1.807) is 12.1 Å². The van der Waals surface area contributed by atoms with E-state index in [1.165, 1.54) is 6.07 Å². The summed E-state index contributed by atoms with van der Waals surface area (Å²) in [6.07, 6.45) is 1.79. The molecule has 1 aromatic heterocycles. The number of rotatable bonds is 5. The predicted octanol–water partition coefficient (Wildman–Crippen LogP) is 4.30. The summed E-state index contributed by atoms with van der Waals surface area (Å²) in [4.78, 5) is 24.3. The van der Waals surface area contributed by atoms with Crippen LogP contribution < -0.4 is 10.6 Å². The molecular weight excluding hydrogens is 368 g/mol. The van der Waals surface area contributed by atoms with Gasteiger partial charge in [-0.1, -0.05) is 19.1 Å². The Morgan fingerprint density at radius 2 is 1.97 bits per heavy atom. The lowest BCUT2D eigenvalue weighted by atomic mass is 10.1. The topological polar surface area (TPSA) is 72.1 Å². The van der Waals surface area contributed by atoms with Gasteiger partial charge in [-0.05, 0) is 49.2 Å². The van der Waals surface area contributed by atoms with Crippen molar-refractivity contribution in [1.29, 1.82) is 0 Å². The van der Waals surface area contributed by atoms with Gasteiger partial charge in [0.05, 0.1) is 11.3 Å². The Labute approximate surface area is 168 Å². The second-order valence-corrected chi connectivity index (χ2v) is 7.11. The Morgan fingerprint density at radius 1 is 1.17 bits per heavy atom. The van der Waals surface area contributed by atoms with Crippen molar-refractivity contribution < 1.29 is 13.9 Å².